The molecular weight excluding hydrogens is 340 g/mol. The monoisotopic (exact) mass is 362 g/mol. The first kappa shape index (κ1) is 16.5. The maximum atomic E-state index is 12.7. The van der Waals surface area contributed by atoms with E-state index in [0.29, 0.717) is 28.3 Å². The fourth-order valence-electron chi connectivity index (χ4n) is 2.97. The summed E-state index contributed by atoms with van der Waals surface area (Å²) in [5, 5.41) is 0.406. The van der Waals surface area contributed by atoms with Crippen molar-refractivity contribution in [1.82, 2.24) is 14.0 Å². The number of benzene rings is 1. The number of fused-ring (bicyclic) bond motifs is 1. The molecule has 1 aromatic heterocycles. The van der Waals surface area contributed by atoms with Gasteiger partial charge < -0.3 is 5.43 Å². The van der Waals surface area contributed by atoms with E-state index in [-0.39, 0.29) is 11.2 Å². The predicted octanol–water partition coefficient (Wildman–Crippen LogP) is 0.911. The van der Waals surface area contributed by atoms with Crippen LogP contribution in [0.15, 0.2) is 32.7 Å². The minimum absolute atomic E-state index is 0.0737. The van der Waals surface area contributed by atoms with Crippen molar-refractivity contribution in [2.75, 3.05) is 12.5 Å². The fourth-order valence-corrected chi connectivity index (χ4v) is 4.16. The van der Waals surface area contributed by atoms with Crippen molar-refractivity contribution in [1.29, 1.82) is 0 Å². The summed E-state index contributed by atoms with van der Waals surface area (Å²) in [7, 11) is 0.170. The molecule has 2 aliphatic carbocycles. The van der Waals surface area contributed by atoms with Gasteiger partial charge in [0.25, 0.3) is 5.56 Å². The van der Waals surface area contributed by atoms with Crippen LogP contribution in [0.2, 0.25) is 0 Å². The van der Waals surface area contributed by atoms with Crippen LogP contribution in [0.3, 0.4) is 0 Å². The summed E-state index contributed by atoms with van der Waals surface area (Å²) >= 11 is 0. The number of nitrogens with one attached hydrogen (secondary N) is 2. The highest BCUT2D eigenvalue weighted by Crippen LogP contribution is 2.35. The largest absolute Gasteiger partial charge is 0.350 e. The normalized spacial score (nSPS) is 19.8. The third-order valence-electron chi connectivity index (χ3n) is 5.03. The highest BCUT2D eigenvalue weighted by atomic mass is 32.2. The molecule has 25 heavy (non-hydrogen) atoms. The summed E-state index contributed by atoms with van der Waals surface area (Å²) < 4.78 is 18.3. The number of rotatable bonds is 6. The van der Waals surface area contributed by atoms with Gasteiger partial charge in [0.2, 0.25) is 0 Å². The average molecular weight is 362 g/mol. The molecule has 0 spiro atoms. The van der Waals surface area contributed by atoms with Crippen LogP contribution in [-0.4, -0.2) is 26.0 Å². The van der Waals surface area contributed by atoms with E-state index in [0.717, 1.165) is 30.4 Å². The molecule has 1 aromatic carbocycles. The van der Waals surface area contributed by atoms with Gasteiger partial charge in [-0.1, -0.05) is 0 Å². The Morgan fingerprint density at radius 1 is 1.28 bits per heavy atom. The van der Waals surface area contributed by atoms with Crippen LogP contribution in [0, 0.1) is 5.92 Å². The average Bonchev–Trinajstić information content (AvgIpc) is 3.50. The molecule has 8 heteroatoms. The van der Waals surface area contributed by atoms with Gasteiger partial charge in [-0.05, 0) is 56.7 Å². The van der Waals surface area contributed by atoms with Crippen LogP contribution >= 0.6 is 0 Å². The lowest BCUT2D eigenvalue weighted by Crippen LogP contribution is -2.44. The quantitative estimate of drug-likeness (QED) is 0.800. The van der Waals surface area contributed by atoms with E-state index in [1.54, 1.807) is 29.8 Å². The molecule has 2 fully saturated rings. The fraction of sp³-hybridized carbons (Fsp3) is 0.529. The second-order valence-corrected chi connectivity index (χ2v) is 8.52. The molecule has 0 saturated heterocycles. The van der Waals surface area contributed by atoms with E-state index in [4.69, 9.17) is 0 Å². The van der Waals surface area contributed by atoms with Gasteiger partial charge in [0.1, 0.15) is 11.0 Å². The van der Waals surface area contributed by atoms with Crippen LogP contribution in [0.5, 0.6) is 0 Å². The van der Waals surface area contributed by atoms with Gasteiger partial charge in [-0.2, -0.15) is 4.68 Å². The Morgan fingerprint density at radius 2 is 2.00 bits per heavy atom. The topological polar surface area (TPSA) is 85.1 Å². The first-order chi connectivity index (χ1) is 11.9. The lowest BCUT2D eigenvalue weighted by atomic mass is 10.2. The summed E-state index contributed by atoms with van der Waals surface area (Å²) in [6.07, 6.45) is 4.22. The van der Waals surface area contributed by atoms with E-state index >= 15 is 0 Å². The molecule has 0 amide bonds. The van der Waals surface area contributed by atoms with Crippen LogP contribution < -0.4 is 21.4 Å². The van der Waals surface area contributed by atoms with E-state index in [9.17, 15) is 13.8 Å². The molecule has 2 saturated carbocycles. The zero-order valence-corrected chi connectivity index (χ0v) is 15.2. The van der Waals surface area contributed by atoms with Crippen molar-refractivity contribution in [3.05, 3.63) is 39.0 Å². The Hall–Kier alpha value is -1.93. The van der Waals surface area contributed by atoms with E-state index in [1.807, 2.05) is 6.92 Å². The molecule has 2 aromatic rings. The highest BCUT2D eigenvalue weighted by Gasteiger charge is 2.38. The van der Waals surface area contributed by atoms with E-state index < -0.39 is 16.5 Å². The molecule has 1 heterocycles. The summed E-state index contributed by atoms with van der Waals surface area (Å²) in [6, 6.07) is 5.12. The highest BCUT2D eigenvalue weighted by molar-refractivity contribution is 7.83. The first-order valence-corrected chi connectivity index (χ1v) is 9.74. The molecule has 1 atom stereocenters. The van der Waals surface area contributed by atoms with Gasteiger partial charge in [-0.3, -0.25) is 9.36 Å². The molecule has 1 unspecified atom stereocenters. The van der Waals surface area contributed by atoms with Crippen molar-refractivity contribution in [2.24, 2.45) is 5.92 Å². The number of hydrogen-bond acceptors (Lipinski definition) is 4. The Bertz CT molecular complexity index is 986. The van der Waals surface area contributed by atoms with Crippen LogP contribution in [0.25, 0.3) is 10.9 Å². The van der Waals surface area contributed by atoms with Crippen molar-refractivity contribution in [3.63, 3.8) is 0 Å². The molecule has 4 rings (SSSR count). The minimum atomic E-state index is -1.38. The van der Waals surface area contributed by atoms with Gasteiger partial charge in [0.15, 0.2) is 0 Å². The maximum absolute atomic E-state index is 12.7. The Balaban J connectivity index is 1.84. The number of nitrogens with zero attached hydrogens (tertiary/aromatic N) is 2. The Morgan fingerprint density at radius 3 is 2.60 bits per heavy atom. The molecule has 0 bridgehead atoms. The summed E-state index contributed by atoms with van der Waals surface area (Å²) in [4.78, 5) is 25.8. The lowest BCUT2D eigenvalue weighted by molar-refractivity contribution is 0.584. The van der Waals surface area contributed by atoms with E-state index in [1.165, 1.54) is 0 Å². The summed E-state index contributed by atoms with van der Waals surface area (Å²) in [5.41, 5.74) is 2.43. The number of aromatic nitrogens is 2. The third kappa shape index (κ3) is 3.04. The Kier molecular flexibility index (Phi) is 3.84. The SMILES string of the molecule is CNn1c(=O)c2cc(S(=O)NC3(C)CC3)ccc2n(CC2CC2)c1=O. The third-order valence-corrected chi connectivity index (χ3v) is 6.39. The predicted molar refractivity (Wildman–Crippen MR) is 97.7 cm³/mol. The molecule has 0 aliphatic heterocycles. The van der Waals surface area contributed by atoms with Gasteiger partial charge >= 0.3 is 5.69 Å². The number of hydrogen-bond donors (Lipinski definition) is 2. The maximum Gasteiger partial charge on any atom is 0.350 e. The molecule has 134 valence electrons. The molecular formula is C17H22N4O3S. The summed E-state index contributed by atoms with van der Waals surface area (Å²) in [6.45, 7) is 2.64. The Labute approximate surface area is 147 Å². The van der Waals surface area contributed by atoms with Crippen LogP contribution in [0.4, 0.5) is 0 Å². The van der Waals surface area contributed by atoms with Crippen molar-refractivity contribution in [2.45, 2.75) is 49.6 Å². The zero-order valence-electron chi connectivity index (χ0n) is 14.4. The van der Waals surface area contributed by atoms with Crippen molar-refractivity contribution < 1.29 is 4.21 Å². The van der Waals surface area contributed by atoms with E-state index in [2.05, 4.69) is 10.1 Å². The van der Waals surface area contributed by atoms with Gasteiger partial charge in [-0.25, -0.2) is 13.7 Å². The lowest BCUT2D eigenvalue weighted by Gasteiger charge is -2.15. The van der Waals surface area contributed by atoms with Gasteiger partial charge in [-0.15, -0.1) is 0 Å². The van der Waals surface area contributed by atoms with Crippen molar-refractivity contribution in [3.8, 4) is 0 Å². The van der Waals surface area contributed by atoms with Crippen LogP contribution in [0.1, 0.15) is 32.6 Å². The second kappa shape index (κ2) is 5.81. The standard InChI is InChI=1S/C17H22N4O3S/c1-17(7-8-17)19-25(24)12-5-6-14-13(9-12)15(22)21(18-2)16(23)20(14)10-11-3-4-11/h5-6,9,11,18-19H,3-4,7-8,10H2,1-2H3. The zero-order chi connectivity index (χ0) is 17.8. The second-order valence-electron chi connectivity index (χ2n) is 7.31. The summed E-state index contributed by atoms with van der Waals surface area (Å²) in [5.74, 6) is 0.494. The minimum Gasteiger partial charge on any atom is -0.322 e. The molecule has 2 aliphatic rings. The van der Waals surface area contributed by atoms with Crippen molar-refractivity contribution >= 4 is 21.9 Å². The smallest absolute Gasteiger partial charge is 0.322 e. The first-order valence-electron chi connectivity index (χ1n) is 8.59. The molecule has 0 radical (unpaired) electrons. The molecule has 2 N–H and O–H groups in total. The van der Waals surface area contributed by atoms with Gasteiger partial charge in [0, 0.05) is 19.1 Å². The molecule has 7 nitrogen and oxygen atoms in total. The van der Waals surface area contributed by atoms with Gasteiger partial charge in [0.05, 0.1) is 15.8 Å². The van der Waals surface area contributed by atoms with Crippen LogP contribution in [-0.2, 0) is 17.5 Å².